The standard InChI is InChI=1S/C28H27ClN4S/c1-4-20-9-5-6-11-25(20)32-18(2)17-23(19(32)3)27-26(24-10-7-8-16-30-24)31-28(34)33(27)22-14-12-21(29)13-15-22/h5-17,26-27H,4H2,1-3H3,(H,31,34)/t26-,27-/m1/s1. The maximum absolute atomic E-state index is 6.20. The molecule has 1 aliphatic heterocycles. The Hall–Kier alpha value is -3.15. The second-order valence-corrected chi connectivity index (χ2v) is 9.44. The molecule has 0 saturated carbocycles. The van der Waals surface area contributed by atoms with E-state index in [9.17, 15) is 0 Å². The molecule has 5 rings (SSSR count). The molecule has 1 N–H and O–H groups in total. The number of nitrogens with one attached hydrogen (secondary N) is 1. The zero-order valence-corrected chi connectivity index (χ0v) is 21.1. The maximum Gasteiger partial charge on any atom is 0.174 e. The van der Waals surface area contributed by atoms with E-state index in [1.807, 2.05) is 42.6 Å². The van der Waals surface area contributed by atoms with Gasteiger partial charge in [0.05, 0.1) is 17.8 Å². The number of hydrogen-bond donors (Lipinski definition) is 1. The Morgan fingerprint density at radius 3 is 2.44 bits per heavy atom. The summed E-state index contributed by atoms with van der Waals surface area (Å²) in [5, 5.41) is 4.94. The van der Waals surface area contributed by atoms with Crippen LogP contribution in [0, 0.1) is 13.8 Å². The van der Waals surface area contributed by atoms with Gasteiger partial charge in [0.25, 0.3) is 0 Å². The molecule has 4 aromatic rings. The third kappa shape index (κ3) is 3.89. The van der Waals surface area contributed by atoms with E-state index in [1.54, 1.807) is 0 Å². The van der Waals surface area contributed by atoms with Gasteiger partial charge in [-0.2, -0.15) is 0 Å². The Balaban J connectivity index is 1.69. The number of aromatic nitrogens is 2. The van der Waals surface area contributed by atoms with Crippen molar-refractivity contribution in [2.75, 3.05) is 4.90 Å². The Kier molecular flexibility index (Phi) is 6.15. The average Bonchev–Trinajstić information content (AvgIpc) is 3.35. The molecule has 2 aromatic carbocycles. The van der Waals surface area contributed by atoms with Crippen LogP contribution >= 0.6 is 23.8 Å². The lowest BCUT2D eigenvalue weighted by Crippen LogP contribution is -2.29. The first-order valence-electron chi connectivity index (χ1n) is 11.5. The Morgan fingerprint density at radius 2 is 1.74 bits per heavy atom. The largest absolute Gasteiger partial charge is 0.351 e. The Morgan fingerprint density at radius 1 is 1.00 bits per heavy atom. The van der Waals surface area contributed by atoms with E-state index in [-0.39, 0.29) is 12.1 Å². The summed E-state index contributed by atoms with van der Waals surface area (Å²) in [5.41, 5.74) is 8.14. The van der Waals surface area contributed by atoms with E-state index >= 15 is 0 Å². The van der Waals surface area contributed by atoms with Crippen LogP contribution in [0.15, 0.2) is 79.0 Å². The van der Waals surface area contributed by atoms with Gasteiger partial charge in [-0.15, -0.1) is 0 Å². The molecule has 0 spiro atoms. The van der Waals surface area contributed by atoms with Crippen LogP contribution in [0.3, 0.4) is 0 Å². The normalized spacial score (nSPS) is 17.8. The second-order valence-electron chi connectivity index (χ2n) is 8.62. The number of rotatable bonds is 5. The lowest BCUT2D eigenvalue weighted by Gasteiger charge is -2.28. The van der Waals surface area contributed by atoms with Crippen molar-refractivity contribution in [2.24, 2.45) is 0 Å². The first-order chi connectivity index (χ1) is 16.5. The lowest BCUT2D eigenvalue weighted by atomic mass is 9.96. The van der Waals surface area contributed by atoms with Crippen molar-refractivity contribution in [3.8, 4) is 5.69 Å². The fraction of sp³-hybridized carbons (Fsp3) is 0.214. The fourth-order valence-electron chi connectivity index (χ4n) is 5.04. The Labute approximate surface area is 211 Å². The fourth-order valence-corrected chi connectivity index (χ4v) is 5.51. The number of pyridine rings is 1. The third-order valence-corrected chi connectivity index (χ3v) is 7.17. The molecule has 172 valence electrons. The van der Waals surface area contributed by atoms with Crippen LogP contribution < -0.4 is 10.2 Å². The minimum atomic E-state index is -0.0836. The van der Waals surface area contributed by atoms with Gasteiger partial charge in [-0.1, -0.05) is 42.8 Å². The summed E-state index contributed by atoms with van der Waals surface area (Å²) in [7, 11) is 0. The minimum Gasteiger partial charge on any atom is -0.351 e. The number of thiocarbonyl (C=S) groups is 1. The highest BCUT2D eigenvalue weighted by Gasteiger charge is 2.42. The number of halogens is 1. The number of benzene rings is 2. The van der Waals surface area contributed by atoms with Gasteiger partial charge in [0, 0.05) is 34.0 Å². The van der Waals surface area contributed by atoms with Crippen molar-refractivity contribution in [1.82, 2.24) is 14.9 Å². The molecule has 0 unspecified atom stereocenters. The van der Waals surface area contributed by atoms with E-state index < -0.39 is 0 Å². The van der Waals surface area contributed by atoms with Crippen molar-refractivity contribution in [1.29, 1.82) is 0 Å². The van der Waals surface area contributed by atoms with E-state index in [4.69, 9.17) is 23.8 Å². The molecule has 2 atom stereocenters. The molecule has 3 heterocycles. The van der Waals surface area contributed by atoms with Gasteiger partial charge in [-0.3, -0.25) is 4.98 Å². The van der Waals surface area contributed by atoms with Gasteiger partial charge < -0.3 is 14.8 Å². The highest BCUT2D eigenvalue weighted by Crippen LogP contribution is 2.44. The number of hydrogen-bond acceptors (Lipinski definition) is 2. The monoisotopic (exact) mass is 486 g/mol. The Bertz CT molecular complexity index is 1330. The lowest BCUT2D eigenvalue weighted by molar-refractivity contribution is 0.565. The van der Waals surface area contributed by atoms with Gasteiger partial charge in [0.15, 0.2) is 5.11 Å². The second kappa shape index (κ2) is 9.24. The van der Waals surface area contributed by atoms with Crippen molar-refractivity contribution < 1.29 is 0 Å². The molecule has 4 nitrogen and oxygen atoms in total. The molecule has 0 amide bonds. The average molecular weight is 487 g/mol. The van der Waals surface area contributed by atoms with E-state index in [0.29, 0.717) is 10.1 Å². The van der Waals surface area contributed by atoms with Gasteiger partial charge >= 0.3 is 0 Å². The summed E-state index contributed by atoms with van der Waals surface area (Å²) < 4.78 is 2.37. The molecule has 2 aromatic heterocycles. The van der Waals surface area contributed by atoms with Crippen molar-refractivity contribution >= 4 is 34.6 Å². The van der Waals surface area contributed by atoms with Crippen molar-refractivity contribution in [3.63, 3.8) is 0 Å². The smallest absolute Gasteiger partial charge is 0.174 e. The zero-order valence-electron chi connectivity index (χ0n) is 19.5. The molecular formula is C28H27ClN4S. The summed E-state index contributed by atoms with van der Waals surface area (Å²) in [6.45, 7) is 6.57. The highest BCUT2D eigenvalue weighted by atomic mass is 35.5. The van der Waals surface area contributed by atoms with Crippen LogP contribution in [-0.4, -0.2) is 14.7 Å². The highest BCUT2D eigenvalue weighted by molar-refractivity contribution is 7.80. The van der Waals surface area contributed by atoms with Gasteiger partial charge in [-0.05, 0) is 92.1 Å². The number of para-hydroxylation sites is 1. The first kappa shape index (κ1) is 22.6. The number of aryl methyl sites for hydroxylation is 2. The molecule has 0 radical (unpaired) electrons. The van der Waals surface area contributed by atoms with Crippen LogP contribution in [0.4, 0.5) is 5.69 Å². The predicted molar refractivity (Wildman–Crippen MR) is 144 cm³/mol. The number of nitrogens with zero attached hydrogens (tertiary/aromatic N) is 3. The van der Waals surface area contributed by atoms with Crippen LogP contribution in [0.5, 0.6) is 0 Å². The van der Waals surface area contributed by atoms with Crippen molar-refractivity contribution in [3.05, 3.63) is 112 Å². The topological polar surface area (TPSA) is 33.1 Å². The van der Waals surface area contributed by atoms with Gasteiger partial charge in [-0.25, -0.2) is 0 Å². The minimum absolute atomic E-state index is 0.0580. The summed E-state index contributed by atoms with van der Waals surface area (Å²) >= 11 is 12.1. The SMILES string of the molecule is CCc1ccccc1-n1c(C)cc([C@@H]2[C@@H](c3ccccn3)NC(=S)N2c2ccc(Cl)cc2)c1C. The molecule has 1 fully saturated rings. The quantitative estimate of drug-likeness (QED) is 0.311. The van der Waals surface area contributed by atoms with Crippen molar-refractivity contribution in [2.45, 2.75) is 39.3 Å². The first-order valence-corrected chi connectivity index (χ1v) is 12.3. The third-order valence-electron chi connectivity index (χ3n) is 6.61. The maximum atomic E-state index is 6.20. The molecular weight excluding hydrogens is 460 g/mol. The van der Waals surface area contributed by atoms with Crippen LogP contribution in [0.1, 0.15) is 47.2 Å². The summed E-state index contributed by atoms with van der Waals surface area (Å²) in [4.78, 5) is 6.88. The van der Waals surface area contributed by atoms with E-state index in [2.05, 4.69) is 76.9 Å². The van der Waals surface area contributed by atoms with Crippen LogP contribution in [-0.2, 0) is 6.42 Å². The van der Waals surface area contributed by atoms with E-state index in [0.717, 1.165) is 17.8 Å². The van der Waals surface area contributed by atoms with Crippen LogP contribution in [0.2, 0.25) is 5.02 Å². The predicted octanol–water partition coefficient (Wildman–Crippen LogP) is 6.88. The molecule has 0 bridgehead atoms. The molecule has 0 aliphatic carbocycles. The summed E-state index contributed by atoms with van der Waals surface area (Å²) in [6, 6.07) is 24.7. The van der Waals surface area contributed by atoms with Crippen LogP contribution in [0.25, 0.3) is 5.69 Å². The number of anilines is 1. The molecule has 34 heavy (non-hydrogen) atoms. The summed E-state index contributed by atoms with van der Waals surface area (Å²) in [5.74, 6) is 0. The summed E-state index contributed by atoms with van der Waals surface area (Å²) in [6.07, 6.45) is 2.81. The van der Waals surface area contributed by atoms with Gasteiger partial charge in [0.2, 0.25) is 0 Å². The van der Waals surface area contributed by atoms with Gasteiger partial charge in [0.1, 0.15) is 0 Å². The molecule has 6 heteroatoms. The molecule has 1 aliphatic rings. The molecule has 1 saturated heterocycles. The zero-order chi connectivity index (χ0) is 23.8. The van der Waals surface area contributed by atoms with E-state index in [1.165, 1.54) is 28.2 Å².